The zero-order valence-electron chi connectivity index (χ0n) is 20.9. The molecule has 0 spiro atoms. The van der Waals surface area contributed by atoms with Crippen molar-refractivity contribution in [3.05, 3.63) is 82.9 Å². The number of methoxy groups -OCH3 is 1. The molecule has 37 heavy (non-hydrogen) atoms. The van der Waals surface area contributed by atoms with Crippen molar-refractivity contribution >= 4 is 38.9 Å². The summed E-state index contributed by atoms with van der Waals surface area (Å²) in [5, 5.41) is 3.90. The van der Waals surface area contributed by atoms with Crippen LogP contribution in [0, 0.1) is 0 Å². The number of sulfonamides is 1. The van der Waals surface area contributed by atoms with Gasteiger partial charge in [-0.2, -0.15) is 0 Å². The highest BCUT2D eigenvalue weighted by Crippen LogP contribution is 2.27. The van der Waals surface area contributed by atoms with E-state index in [0.29, 0.717) is 53.8 Å². The number of rotatable bonds is 9. The number of halogens is 1. The summed E-state index contributed by atoms with van der Waals surface area (Å²) < 4.78 is 34.9. The van der Waals surface area contributed by atoms with Crippen molar-refractivity contribution in [1.82, 2.24) is 9.80 Å². The van der Waals surface area contributed by atoms with Crippen LogP contribution < -0.4 is 14.8 Å². The summed E-state index contributed by atoms with van der Waals surface area (Å²) in [5.74, 6) is 0.346. The Bertz CT molecular complexity index is 1340. The summed E-state index contributed by atoms with van der Waals surface area (Å²) in [6.07, 6.45) is 0.669. The van der Waals surface area contributed by atoms with Crippen LogP contribution in [0.4, 0.5) is 11.4 Å². The number of likely N-dealkylation sites (N-methyl/N-ethyl adjacent to an activating group) is 1. The van der Waals surface area contributed by atoms with E-state index < -0.39 is 10.0 Å². The molecule has 1 aliphatic rings. The minimum atomic E-state index is -4.03. The molecule has 0 aromatic heterocycles. The Morgan fingerprint density at radius 1 is 1.00 bits per heavy atom. The number of ether oxygens (including phenoxy) is 1. The topological polar surface area (TPSA) is 91.0 Å². The Hall–Kier alpha value is -3.27. The van der Waals surface area contributed by atoms with Crippen LogP contribution >= 0.6 is 11.6 Å². The van der Waals surface area contributed by atoms with Gasteiger partial charge in [-0.05, 0) is 61.5 Å². The highest BCUT2D eigenvalue weighted by Gasteiger charge is 2.25. The van der Waals surface area contributed by atoms with E-state index in [-0.39, 0.29) is 10.8 Å². The lowest BCUT2D eigenvalue weighted by Crippen LogP contribution is -2.47. The maximum atomic E-state index is 13.5. The Morgan fingerprint density at radius 2 is 1.73 bits per heavy atom. The lowest BCUT2D eigenvalue weighted by atomic mass is 10.1. The van der Waals surface area contributed by atoms with Gasteiger partial charge in [-0.1, -0.05) is 29.8 Å². The highest BCUT2D eigenvalue weighted by molar-refractivity contribution is 7.92. The van der Waals surface area contributed by atoms with Gasteiger partial charge in [0, 0.05) is 49.4 Å². The number of carbonyl (C=O) groups excluding carboxylic acids is 1. The lowest BCUT2D eigenvalue weighted by Gasteiger charge is -2.32. The van der Waals surface area contributed by atoms with Crippen LogP contribution in [0.25, 0.3) is 0 Å². The van der Waals surface area contributed by atoms with Crippen molar-refractivity contribution in [1.29, 1.82) is 0 Å². The molecule has 1 aliphatic heterocycles. The lowest BCUT2D eigenvalue weighted by molar-refractivity contribution is 0.0664. The Labute approximate surface area is 223 Å². The molecule has 1 fully saturated rings. The van der Waals surface area contributed by atoms with Gasteiger partial charge in [0.15, 0.2) is 0 Å². The van der Waals surface area contributed by atoms with Gasteiger partial charge in [-0.3, -0.25) is 9.52 Å². The fourth-order valence-corrected chi connectivity index (χ4v) is 5.49. The van der Waals surface area contributed by atoms with Gasteiger partial charge in [0.05, 0.1) is 18.5 Å². The average Bonchev–Trinajstić information content (AvgIpc) is 2.90. The second-order valence-corrected chi connectivity index (χ2v) is 11.0. The van der Waals surface area contributed by atoms with E-state index in [4.69, 9.17) is 16.3 Å². The minimum absolute atomic E-state index is 0.00593. The third-order valence-electron chi connectivity index (χ3n) is 6.27. The molecule has 0 aliphatic carbocycles. The predicted molar refractivity (Wildman–Crippen MR) is 147 cm³/mol. The van der Waals surface area contributed by atoms with Gasteiger partial charge < -0.3 is 19.9 Å². The SMILES string of the molecule is COc1cccc(NS(=O)(=O)c2cc(C(=O)N3CCN(C)CC3)ccc2NCCc2ccc(Cl)cc2)c1. The van der Waals surface area contributed by atoms with E-state index in [0.717, 1.165) is 18.7 Å². The van der Waals surface area contributed by atoms with Gasteiger partial charge in [-0.15, -0.1) is 0 Å². The maximum Gasteiger partial charge on any atom is 0.263 e. The number of benzene rings is 3. The molecule has 10 heteroatoms. The van der Waals surface area contributed by atoms with Gasteiger partial charge in [0.2, 0.25) is 0 Å². The Kier molecular flexibility index (Phi) is 8.58. The summed E-state index contributed by atoms with van der Waals surface area (Å²) in [6.45, 7) is 3.24. The first-order valence-corrected chi connectivity index (χ1v) is 13.9. The van der Waals surface area contributed by atoms with Gasteiger partial charge in [-0.25, -0.2) is 8.42 Å². The fourth-order valence-electron chi connectivity index (χ4n) is 4.11. The molecule has 0 bridgehead atoms. The van der Waals surface area contributed by atoms with Crippen molar-refractivity contribution < 1.29 is 17.9 Å². The number of nitrogens with one attached hydrogen (secondary N) is 2. The standard InChI is InChI=1S/C27H31ClN4O4S/c1-31-14-16-32(17-15-31)27(33)21-8-11-25(29-13-12-20-6-9-22(28)10-7-20)26(18-21)37(34,35)30-23-4-3-5-24(19-23)36-2/h3-11,18-19,29-30H,12-17H2,1-2H3. The molecule has 1 amide bonds. The molecule has 4 rings (SSSR count). The normalized spacial score (nSPS) is 14.3. The Balaban J connectivity index is 1.60. The number of nitrogens with zero attached hydrogens (tertiary/aromatic N) is 2. The molecule has 3 aromatic carbocycles. The molecule has 1 heterocycles. The molecule has 8 nitrogen and oxygen atoms in total. The smallest absolute Gasteiger partial charge is 0.263 e. The molecule has 1 saturated heterocycles. The third kappa shape index (κ3) is 6.94. The first-order chi connectivity index (χ1) is 17.7. The number of amides is 1. The first kappa shape index (κ1) is 26.8. The minimum Gasteiger partial charge on any atom is -0.497 e. The molecule has 0 atom stereocenters. The summed E-state index contributed by atoms with van der Waals surface area (Å²) in [5.41, 5.74) is 2.18. The van der Waals surface area contributed by atoms with Crippen molar-refractivity contribution in [3.8, 4) is 5.75 Å². The molecule has 3 aromatic rings. The van der Waals surface area contributed by atoms with Gasteiger partial charge in [0.25, 0.3) is 15.9 Å². The molecule has 2 N–H and O–H groups in total. The quantitative estimate of drug-likeness (QED) is 0.421. The van der Waals surface area contributed by atoms with Crippen LogP contribution in [-0.4, -0.2) is 71.0 Å². The maximum absolute atomic E-state index is 13.5. The molecule has 0 unspecified atom stereocenters. The van der Waals surface area contributed by atoms with Gasteiger partial charge in [0.1, 0.15) is 10.6 Å². The van der Waals surface area contributed by atoms with Crippen LogP contribution in [0.3, 0.4) is 0 Å². The highest BCUT2D eigenvalue weighted by atomic mass is 35.5. The molecule has 0 saturated carbocycles. The number of hydrogen-bond donors (Lipinski definition) is 2. The van der Waals surface area contributed by atoms with E-state index in [1.54, 1.807) is 41.3 Å². The van der Waals surface area contributed by atoms with Crippen LogP contribution in [0.1, 0.15) is 15.9 Å². The molecule has 0 radical (unpaired) electrons. The Morgan fingerprint density at radius 3 is 2.43 bits per heavy atom. The zero-order chi connectivity index (χ0) is 26.4. The zero-order valence-corrected chi connectivity index (χ0v) is 22.5. The monoisotopic (exact) mass is 542 g/mol. The van der Waals surface area contributed by atoms with Crippen LogP contribution in [-0.2, 0) is 16.4 Å². The number of anilines is 2. The van der Waals surface area contributed by atoms with E-state index in [9.17, 15) is 13.2 Å². The predicted octanol–water partition coefficient (Wildman–Crippen LogP) is 4.19. The first-order valence-electron chi connectivity index (χ1n) is 12.0. The van der Waals surface area contributed by atoms with Crippen LogP contribution in [0.2, 0.25) is 5.02 Å². The van der Waals surface area contributed by atoms with Crippen molar-refractivity contribution in [2.75, 3.05) is 56.9 Å². The summed E-state index contributed by atoms with van der Waals surface area (Å²) in [4.78, 5) is 17.1. The van der Waals surface area contributed by atoms with E-state index >= 15 is 0 Å². The fraction of sp³-hybridized carbons (Fsp3) is 0.296. The van der Waals surface area contributed by atoms with E-state index in [2.05, 4.69) is 14.9 Å². The number of piperazine rings is 1. The molecule has 196 valence electrons. The van der Waals surface area contributed by atoms with Crippen molar-refractivity contribution in [2.45, 2.75) is 11.3 Å². The second kappa shape index (κ2) is 11.9. The summed E-state index contributed by atoms with van der Waals surface area (Å²) in [6, 6.07) is 19.0. The van der Waals surface area contributed by atoms with Gasteiger partial charge >= 0.3 is 0 Å². The average molecular weight is 543 g/mol. The number of hydrogen-bond acceptors (Lipinski definition) is 6. The largest absolute Gasteiger partial charge is 0.497 e. The van der Waals surface area contributed by atoms with Crippen molar-refractivity contribution in [3.63, 3.8) is 0 Å². The van der Waals surface area contributed by atoms with E-state index in [1.165, 1.54) is 13.2 Å². The summed E-state index contributed by atoms with van der Waals surface area (Å²) in [7, 11) is -0.497. The third-order valence-corrected chi connectivity index (χ3v) is 7.95. The number of carbonyl (C=O) groups is 1. The van der Waals surface area contributed by atoms with Crippen LogP contribution in [0.15, 0.2) is 71.6 Å². The summed E-state index contributed by atoms with van der Waals surface area (Å²) >= 11 is 5.97. The van der Waals surface area contributed by atoms with Crippen LogP contribution in [0.5, 0.6) is 5.75 Å². The molecular formula is C27H31ClN4O4S. The molecular weight excluding hydrogens is 512 g/mol. The van der Waals surface area contributed by atoms with Crippen molar-refractivity contribution in [2.24, 2.45) is 0 Å². The second-order valence-electron chi connectivity index (χ2n) is 8.95. The van der Waals surface area contributed by atoms with E-state index in [1.807, 2.05) is 31.3 Å².